The molecule has 1 saturated carbocycles. The van der Waals surface area contributed by atoms with Crippen molar-refractivity contribution in [3.8, 4) is 0 Å². The highest BCUT2D eigenvalue weighted by atomic mass is 32.2. The van der Waals surface area contributed by atoms with Gasteiger partial charge in [-0.25, -0.2) is 0 Å². The van der Waals surface area contributed by atoms with Crippen LogP contribution in [0.1, 0.15) is 26.2 Å². The number of rotatable bonds is 8. The third-order valence-corrected chi connectivity index (χ3v) is 7.21. The molecule has 1 unspecified atom stereocenters. The second-order valence-electron chi connectivity index (χ2n) is 6.92. The number of likely N-dealkylation sites (N-methyl/N-ethyl adjacent to an activating group) is 1. The van der Waals surface area contributed by atoms with Crippen LogP contribution in [0.5, 0.6) is 0 Å². The minimum atomic E-state index is -3.32. The van der Waals surface area contributed by atoms with Crippen molar-refractivity contribution in [2.24, 2.45) is 5.92 Å². The van der Waals surface area contributed by atoms with Crippen LogP contribution in [-0.4, -0.2) is 93.3 Å². The van der Waals surface area contributed by atoms with Crippen molar-refractivity contribution in [2.75, 3.05) is 60.4 Å². The van der Waals surface area contributed by atoms with Gasteiger partial charge in [0.2, 0.25) is 0 Å². The second-order valence-corrected chi connectivity index (χ2v) is 9.02. The van der Waals surface area contributed by atoms with Gasteiger partial charge in [0.15, 0.2) is 0 Å². The molecule has 1 heterocycles. The predicted molar refractivity (Wildman–Crippen MR) is 90.1 cm³/mol. The lowest BCUT2D eigenvalue weighted by Crippen LogP contribution is -2.47. The van der Waals surface area contributed by atoms with E-state index in [1.165, 1.54) is 4.31 Å². The lowest BCUT2D eigenvalue weighted by atomic mass is 10.2. The van der Waals surface area contributed by atoms with Crippen LogP contribution in [0.2, 0.25) is 0 Å². The quantitative estimate of drug-likeness (QED) is 0.651. The van der Waals surface area contributed by atoms with Gasteiger partial charge < -0.3 is 9.80 Å². The summed E-state index contributed by atoms with van der Waals surface area (Å²) in [6.45, 7) is 7.99. The first-order valence-electron chi connectivity index (χ1n) is 8.42. The molecule has 0 spiro atoms. The average molecular weight is 333 g/mol. The summed E-state index contributed by atoms with van der Waals surface area (Å²) in [6.07, 6.45) is 3.22. The van der Waals surface area contributed by atoms with E-state index in [1.54, 1.807) is 18.4 Å². The molecule has 2 aliphatic rings. The molecule has 1 atom stereocenters. The van der Waals surface area contributed by atoms with Crippen LogP contribution in [0.3, 0.4) is 0 Å². The molecule has 0 bridgehead atoms. The van der Waals surface area contributed by atoms with E-state index >= 15 is 0 Å². The van der Waals surface area contributed by atoms with Gasteiger partial charge in [0.25, 0.3) is 10.2 Å². The van der Waals surface area contributed by atoms with Crippen LogP contribution >= 0.6 is 0 Å². The highest BCUT2D eigenvalue weighted by Gasteiger charge is 2.36. The largest absolute Gasteiger partial charge is 0.304 e. The van der Waals surface area contributed by atoms with Crippen LogP contribution in [0, 0.1) is 5.92 Å². The van der Waals surface area contributed by atoms with Gasteiger partial charge in [-0.15, -0.1) is 0 Å². The number of hydrogen-bond donors (Lipinski definition) is 0. The predicted octanol–water partition coefficient (Wildman–Crippen LogP) is 0.531. The van der Waals surface area contributed by atoms with Crippen LogP contribution in [0.15, 0.2) is 0 Å². The molecule has 130 valence electrons. The lowest BCUT2D eigenvalue weighted by molar-refractivity contribution is 0.151. The van der Waals surface area contributed by atoms with Gasteiger partial charge in [0.1, 0.15) is 0 Å². The van der Waals surface area contributed by atoms with Gasteiger partial charge in [-0.2, -0.15) is 17.0 Å². The topological polar surface area (TPSA) is 47.1 Å². The van der Waals surface area contributed by atoms with E-state index in [4.69, 9.17) is 0 Å². The molecule has 7 heteroatoms. The van der Waals surface area contributed by atoms with E-state index in [1.807, 2.05) is 6.92 Å². The Morgan fingerprint density at radius 1 is 1.14 bits per heavy atom. The maximum atomic E-state index is 12.6. The Kier molecular flexibility index (Phi) is 6.24. The molecular formula is C15H32N4O2S. The van der Waals surface area contributed by atoms with Crippen molar-refractivity contribution in [2.45, 2.75) is 32.2 Å². The van der Waals surface area contributed by atoms with Gasteiger partial charge in [-0.3, -0.25) is 0 Å². The maximum Gasteiger partial charge on any atom is 0.281 e. The molecular weight excluding hydrogens is 300 g/mol. The van der Waals surface area contributed by atoms with Crippen molar-refractivity contribution in [1.29, 1.82) is 0 Å². The first-order valence-corrected chi connectivity index (χ1v) is 9.82. The van der Waals surface area contributed by atoms with Crippen molar-refractivity contribution < 1.29 is 8.42 Å². The molecule has 1 aliphatic heterocycles. The first-order chi connectivity index (χ1) is 10.3. The highest BCUT2D eigenvalue weighted by molar-refractivity contribution is 7.86. The van der Waals surface area contributed by atoms with Gasteiger partial charge in [0.05, 0.1) is 0 Å². The summed E-state index contributed by atoms with van der Waals surface area (Å²) in [5.41, 5.74) is 0. The van der Waals surface area contributed by atoms with E-state index < -0.39 is 10.2 Å². The Hall–Kier alpha value is -0.210. The molecule has 6 nitrogen and oxygen atoms in total. The summed E-state index contributed by atoms with van der Waals surface area (Å²) in [5.74, 6) is 0.554. The molecule has 0 aromatic rings. The standard InChI is InChI=1S/C15H32N4O2S/c1-14(15-6-7-15)18(4)22(20,21)17(3)8-5-9-19-12-10-16(2)11-13-19/h14-15H,5-13H2,1-4H3. The third-order valence-electron chi connectivity index (χ3n) is 5.18. The second kappa shape index (κ2) is 7.57. The molecule has 2 fully saturated rings. The lowest BCUT2D eigenvalue weighted by Gasteiger charge is -2.33. The molecule has 1 saturated heterocycles. The molecule has 0 aromatic heterocycles. The summed E-state index contributed by atoms with van der Waals surface area (Å²) >= 11 is 0. The van der Waals surface area contributed by atoms with Crippen LogP contribution in [0.25, 0.3) is 0 Å². The third kappa shape index (κ3) is 4.64. The minimum absolute atomic E-state index is 0.116. The highest BCUT2D eigenvalue weighted by Crippen LogP contribution is 2.35. The van der Waals surface area contributed by atoms with E-state index in [0.717, 1.165) is 52.0 Å². The Balaban J connectivity index is 1.74. The molecule has 0 aromatic carbocycles. The van der Waals surface area contributed by atoms with Crippen molar-refractivity contribution in [3.63, 3.8) is 0 Å². The number of nitrogens with zero attached hydrogens (tertiary/aromatic N) is 4. The summed E-state index contributed by atoms with van der Waals surface area (Å²) in [5, 5.41) is 0. The zero-order valence-electron chi connectivity index (χ0n) is 14.5. The summed E-state index contributed by atoms with van der Waals surface area (Å²) in [7, 11) is 2.25. The Morgan fingerprint density at radius 3 is 2.27 bits per heavy atom. The smallest absolute Gasteiger partial charge is 0.281 e. The van der Waals surface area contributed by atoms with Crippen LogP contribution in [-0.2, 0) is 10.2 Å². The van der Waals surface area contributed by atoms with E-state index in [2.05, 4.69) is 16.8 Å². The summed E-state index contributed by atoms with van der Waals surface area (Å²) in [4.78, 5) is 4.76. The Morgan fingerprint density at radius 2 is 1.73 bits per heavy atom. The number of hydrogen-bond acceptors (Lipinski definition) is 4. The number of piperazine rings is 1. The fourth-order valence-corrected chi connectivity index (χ4v) is 4.40. The summed E-state index contributed by atoms with van der Waals surface area (Å²) < 4.78 is 28.2. The zero-order valence-corrected chi connectivity index (χ0v) is 15.3. The van der Waals surface area contributed by atoms with E-state index in [0.29, 0.717) is 12.5 Å². The monoisotopic (exact) mass is 332 g/mol. The van der Waals surface area contributed by atoms with Crippen molar-refractivity contribution >= 4 is 10.2 Å². The maximum absolute atomic E-state index is 12.6. The molecule has 0 amide bonds. The zero-order chi connectivity index (χ0) is 16.3. The molecule has 0 radical (unpaired) electrons. The van der Waals surface area contributed by atoms with Gasteiger partial charge in [-0.1, -0.05) is 0 Å². The van der Waals surface area contributed by atoms with Crippen molar-refractivity contribution in [3.05, 3.63) is 0 Å². The van der Waals surface area contributed by atoms with Gasteiger partial charge in [0, 0.05) is 52.9 Å². The normalized spacial score (nSPS) is 23.4. The van der Waals surface area contributed by atoms with Crippen LogP contribution < -0.4 is 0 Å². The Labute approximate surface area is 136 Å². The summed E-state index contributed by atoms with van der Waals surface area (Å²) in [6, 6.07) is 0.116. The van der Waals surface area contributed by atoms with Gasteiger partial charge in [-0.05, 0) is 45.7 Å². The van der Waals surface area contributed by atoms with Gasteiger partial charge >= 0.3 is 0 Å². The molecule has 1 aliphatic carbocycles. The minimum Gasteiger partial charge on any atom is -0.304 e. The first kappa shape index (κ1) is 18.1. The molecule has 22 heavy (non-hydrogen) atoms. The fourth-order valence-electron chi connectivity index (χ4n) is 3.01. The molecule has 0 N–H and O–H groups in total. The fraction of sp³-hybridized carbons (Fsp3) is 1.00. The van der Waals surface area contributed by atoms with Crippen LogP contribution in [0.4, 0.5) is 0 Å². The van der Waals surface area contributed by atoms with E-state index in [9.17, 15) is 8.42 Å². The Bertz CT molecular complexity index is 444. The van der Waals surface area contributed by atoms with E-state index in [-0.39, 0.29) is 6.04 Å². The SMILES string of the molecule is CC(C1CC1)N(C)S(=O)(=O)N(C)CCCN1CCN(C)CC1. The molecule has 2 rings (SSSR count). The van der Waals surface area contributed by atoms with Crippen molar-refractivity contribution in [1.82, 2.24) is 18.4 Å². The average Bonchev–Trinajstić information content (AvgIpc) is 3.32.